The molecule has 0 heterocycles. The summed E-state index contributed by atoms with van der Waals surface area (Å²) in [6.45, 7) is 0.183. The van der Waals surface area contributed by atoms with Gasteiger partial charge in [-0.15, -0.1) is 0 Å². The molecule has 1 aromatic carbocycles. The summed E-state index contributed by atoms with van der Waals surface area (Å²) < 4.78 is 14.8. The highest BCUT2D eigenvalue weighted by molar-refractivity contribution is 5.97. The van der Waals surface area contributed by atoms with E-state index in [9.17, 15) is 9.90 Å². The molecule has 0 radical (unpaired) electrons. The first-order valence-corrected chi connectivity index (χ1v) is 5.33. The predicted molar refractivity (Wildman–Crippen MR) is 64.8 cm³/mol. The fourth-order valence-corrected chi connectivity index (χ4v) is 1.40. The Hall–Kier alpha value is -1.79. The maximum atomic E-state index is 11.8. The van der Waals surface area contributed by atoms with Crippen molar-refractivity contribution in [3.8, 4) is 11.5 Å². The number of carbonyl (C=O) groups excluding carboxylic acids is 1. The molecular formula is C12H17NO5. The van der Waals surface area contributed by atoms with Gasteiger partial charge in [-0.3, -0.25) is 4.79 Å². The maximum absolute atomic E-state index is 11.8. The molecule has 0 fully saturated rings. The van der Waals surface area contributed by atoms with Gasteiger partial charge in [0.1, 0.15) is 0 Å². The number of nitrogens with one attached hydrogen (secondary N) is 1. The van der Waals surface area contributed by atoms with Crippen molar-refractivity contribution in [2.24, 2.45) is 0 Å². The first kappa shape index (κ1) is 14.3. The molecule has 18 heavy (non-hydrogen) atoms. The average Bonchev–Trinajstić information content (AvgIpc) is 2.40. The average molecular weight is 255 g/mol. The van der Waals surface area contributed by atoms with Crippen LogP contribution in [0.25, 0.3) is 0 Å². The Balaban J connectivity index is 2.73. The number of ether oxygens (including phenoxy) is 3. The number of methoxy groups -OCH3 is 3. The molecule has 1 amide bonds. The topological polar surface area (TPSA) is 77.0 Å². The lowest BCUT2D eigenvalue weighted by Gasteiger charge is -2.14. The molecule has 0 bridgehead atoms. The molecule has 0 aliphatic rings. The van der Waals surface area contributed by atoms with Crippen LogP contribution >= 0.6 is 0 Å². The van der Waals surface area contributed by atoms with E-state index in [0.717, 1.165) is 0 Å². The van der Waals surface area contributed by atoms with E-state index < -0.39 is 12.2 Å². The van der Waals surface area contributed by atoms with Gasteiger partial charge < -0.3 is 24.6 Å². The molecule has 100 valence electrons. The Bertz CT molecular complexity index is 403. The molecule has 1 aromatic rings. The summed E-state index contributed by atoms with van der Waals surface area (Å²) >= 11 is 0. The van der Waals surface area contributed by atoms with Crippen LogP contribution in [-0.2, 0) is 9.47 Å². The van der Waals surface area contributed by atoms with Crippen LogP contribution in [0.1, 0.15) is 10.4 Å². The summed E-state index contributed by atoms with van der Waals surface area (Å²) in [7, 11) is 4.37. The number of aromatic hydroxyl groups is 1. The zero-order valence-corrected chi connectivity index (χ0v) is 10.6. The SMILES string of the molecule is COc1cccc(C(=O)NCC(OC)OC)c1O. The van der Waals surface area contributed by atoms with E-state index in [1.165, 1.54) is 27.4 Å². The smallest absolute Gasteiger partial charge is 0.255 e. The Kier molecular flexibility index (Phi) is 5.41. The van der Waals surface area contributed by atoms with Gasteiger partial charge in [-0.25, -0.2) is 0 Å². The van der Waals surface area contributed by atoms with Crippen molar-refractivity contribution < 1.29 is 24.1 Å². The zero-order valence-electron chi connectivity index (χ0n) is 10.6. The van der Waals surface area contributed by atoms with Crippen molar-refractivity contribution in [3.63, 3.8) is 0 Å². The fraction of sp³-hybridized carbons (Fsp3) is 0.417. The monoisotopic (exact) mass is 255 g/mol. The molecule has 6 nitrogen and oxygen atoms in total. The molecule has 0 saturated carbocycles. The lowest BCUT2D eigenvalue weighted by molar-refractivity contribution is -0.0974. The number of para-hydroxylation sites is 1. The van der Waals surface area contributed by atoms with Crippen molar-refractivity contribution in [1.29, 1.82) is 0 Å². The lowest BCUT2D eigenvalue weighted by atomic mass is 10.1. The number of phenolic OH excluding ortho intramolecular Hbond substituents is 1. The van der Waals surface area contributed by atoms with Crippen molar-refractivity contribution in [1.82, 2.24) is 5.32 Å². The minimum absolute atomic E-state index is 0.139. The van der Waals surface area contributed by atoms with E-state index in [4.69, 9.17) is 14.2 Å². The van der Waals surface area contributed by atoms with Crippen LogP contribution in [0.5, 0.6) is 11.5 Å². The van der Waals surface area contributed by atoms with Crippen LogP contribution in [0.2, 0.25) is 0 Å². The van der Waals surface area contributed by atoms with E-state index in [1.54, 1.807) is 12.1 Å². The third kappa shape index (κ3) is 3.35. The number of hydrogen-bond acceptors (Lipinski definition) is 5. The number of rotatable bonds is 6. The standard InChI is InChI=1S/C12H17NO5/c1-16-9-6-4-5-8(11(9)14)12(15)13-7-10(17-2)18-3/h4-6,10,14H,7H2,1-3H3,(H,13,15). The van der Waals surface area contributed by atoms with Gasteiger partial charge in [-0.1, -0.05) is 6.07 Å². The molecule has 0 spiro atoms. The Morgan fingerprint density at radius 3 is 2.56 bits per heavy atom. The van der Waals surface area contributed by atoms with Crippen molar-refractivity contribution >= 4 is 5.91 Å². The molecule has 0 aromatic heterocycles. The number of amides is 1. The Morgan fingerprint density at radius 2 is 2.00 bits per heavy atom. The lowest BCUT2D eigenvalue weighted by Crippen LogP contribution is -2.34. The highest BCUT2D eigenvalue weighted by atomic mass is 16.7. The van der Waals surface area contributed by atoms with Crippen LogP contribution in [0.3, 0.4) is 0 Å². The van der Waals surface area contributed by atoms with Gasteiger partial charge in [-0.05, 0) is 12.1 Å². The first-order valence-electron chi connectivity index (χ1n) is 5.33. The molecule has 0 aliphatic carbocycles. The molecule has 0 atom stereocenters. The summed E-state index contributed by atoms with van der Waals surface area (Å²) in [5.74, 6) is -0.368. The van der Waals surface area contributed by atoms with Gasteiger partial charge >= 0.3 is 0 Å². The first-order chi connectivity index (χ1) is 8.63. The molecule has 0 saturated heterocycles. The summed E-state index contributed by atoms with van der Waals surface area (Å²) in [5.41, 5.74) is 0.139. The summed E-state index contributed by atoms with van der Waals surface area (Å²) in [6, 6.07) is 4.69. The molecule has 1 rings (SSSR count). The third-order valence-corrected chi connectivity index (χ3v) is 2.42. The molecule has 0 aliphatic heterocycles. The van der Waals surface area contributed by atoms with Crippen LogP contribution in [0.15, 0.2) is 18.2 Å². The maximum Gasteiger partial charge on any atom is 0.255 e. The van der Waals surface area contributed by atoms with Crippen LogP contribution in [0.4, 0.5) is 0 Å². The number of phenols is 1. The second-order valence-corrected chi connectivity index (χ2v) is 3.47. The molecule has 0 unspecified atom stereocenters. The molecule has 2 N–H and O–H groups in total. The summed E-state index contributed by atoms with van der Waals surface area (Å²) in [4.78, 5) is 11.8. The highest BCUT2D eigenvalue weighted by Gasteiger charge is 2.15. The summed E-state index contributed by atoms with van der Waals surface area (Å²) in [6.07, 6.45) is -0.526. The second kappa shape index (κ2) is 6.83. The number of carbonyl (C=O) groups is 1. The second-order valence-electron chi connectivity index (χ2n) is 3.47. The normalized spacial score (nSPS) is 10.4. The zero-order chi connectivity index (χ0) is 13.5. The van der Waals surface area contributed by atoms with Gasteiger partial charge in [0.05, 0.1) is 19.2 Å². The van der Waals surface area contributed by atoms with E-state index in [0.29, 0.717) is 0 Å². The Labute approximate surface area is 105 Å². The van der Waals surface area contributed by atoms with Crippen LogP contribution in [-0.4, -0.2) is 45.2 Å². The van der Waals surface area contributed by atoms with Crippen molar-refractivity contribution in [3.05, 3.63) is 23.8 Å². The van der Waals surface area contributed by atoms with Crippen molar-refractivity contribution in [2.45, 2.75) is 6.29 Å². The van der Waals surface area contributed by atoms with Gasteiger partial charge in [0.25, 0.3) is 5.91 Å². The largest absolute Gasteiger partial charge is 0.504 e. The van der Waals surface area contributed by atoms with Gasteiger partial charge in [-0.2, -0.15) is 0 Å². The van der Waals surface area contributed by atoms with Gasteiger partial charge in [0, 0.05) is 14.2 Å². The minimum Gasteiger partial charge on any atom is -0.504 e. The number of benzene rings is 1. The van der Waals surface area contributed by atoms with Crippen LogP contribution in [0, 0.1) is 0 Å². The van der Waals surface area contributed by atoms with Crippen molar-refractivity contribution in [2.75, 3.05) is 27.9 Å². The van der Waals surface area contributed by atoms with Gasteiger partial charge in [0.2, 0.25) is 0 Å². The third-order valence-electron chi connectivity index (χ3n) is 2.42. The van der Waals surface area contributed by atoms with Crippen LogP contribution < -0.4 is 10.1 Å². The van der Waals surface area contributed by atoms with Gasteiger partial charge in [0.15, 0.2) is 17.8 Å². The van der Waals surface area contributed by atoms with E-state index in [2.05, 4.69) is 5.32 Å². The Morgan fingerprint density at radius 1 is 1.33 bits per heavy atom. The molecular weight excluding hydrogens is 238 g/mol. The minimum atomic E-state index is -0.526. The number of hydrogen-bond donors (Lipinski definition) is 2. The summed E-state index contributed by atoms with van der Waals surface area (Å²) in [5, 5.41) is 12.4. The highest BCUT2D eigenvalue weighted by Crippen LogP contribution is 2.29. The fourth-order valence-electron chi connectivity index (χ4n) is 1.40. The van der Waals surface area contributed by atoms with E-state index >= 15 is 0 Å². The molecule has 6 heteroatoms. The van der Waals surface area contributed by atoms with E-state index in [-0.39, 0.29) is 23.6 Å². The van der Waals surface area contributed by atoms with E-state index in [1.807, 2.05) is 0 Å². The quantitative estimate of drug-likeness (QED) is 0.733. The predicted octanol–water partition coefficient (Wildman–Crippen LogP) is 0.749.